The summed E-state index contributed by atoms with van der Waals surface area (Å²) < 4.78 is 13.1. The van der Waals surface area contributed by atoms with Crippen molar-refractivity contribution in [2.75, 3.05) is 12.3 Å². The summed E-state index contributed by atoms with van der Waals surface area (Å²) in [6, 6.07) is 3.83. The summed E-state index contributed by atoms with van der Waals surface area (Å²) in [6.07, 6.45) is 0.662. The minimum absolute atomic E-state index is 0.00437. The highest BCUT2D eigenvalue weighted by atomic mass is 19.1. The fraction of sp³-hybridized carbons (Fsp3) is 0.273. The van der Waals surface area contributed by atoms with Gasteiger partial charge in [-0.05, 0) is 24.6 Å². The molecule has 0 aromatic heterocycles. The Labute approximate surface area is 98.0 Å². The van der Waals surface area contributed by atoms with E-state index >= 15 is 0 Å². The molecule has 1 aromatic carbocycles. The molecule has 0 heterocycles. The summed E-state index contributed by atoms with van der Waals surface area (Å²) >= 11 is 0. The Morgan fingerprint density at radius 1 is 1.35 bits per heavy atom. The summed E-state index contributed by atoms with van der Waals surface area (Å²) in [5.41, 5.74) is 10.4. The van der Waals surface area contributed by atoms with Crippen LogP contribution in [-0.4, -0.2) is 18.4 Å². The van der Waals surface area contributed by atoms with E-state index in [0.29, 0.717) is 13.0 Å². The molecule has 0 fully saturated rings. The number of amides is 2. The Kier molecular flexibility index (Phi) is 4.45. The van der Waals surface area contributed by atoms with Gasteiger partial charge in [0.2, 0.25) is 5.91 Å². The molecule has 0 aliphatic heterocycles. The molecule has 0 spiro atoms. The van der Waals surface area contributed by atoms with Gasteiger partial charge in [0, 0.05) is 18.5 Å². The van der Waals surface area contributed by atoms with E-state index in [4.69, 9.17) is 11.5 Å². The Bertz CT molecular complexity index is 435. The van der Waals surface area contributed by atoms with Crippen LogP contribution in [0.15, 0.2) is 18.2 Å². The van der Waals surface area contributed by atoms with Crippen LogP contribution in [0.4, 0.5) is 10.1 Å². The molecule has 6 heteroatoms. The molecule has 5 N–H and O–H groups in total. The normalized spacial score (nSPS) is 9.94. The van der Waals surface area contributed by atoms with Crippen molar-refractivity contribution in [3.63, 3.8) is 0 Å². The lowest BCUT2D eigenvalue weighted by molar-refractivity contribution is -0.118. The number of benzene rings is 1. The van der Waals surface area contributed by atoms with Crippen LogP contribution in [0.1, 0.15) is 23.2 Å². The van der Waals surface area contributed by atoms with E-state index in [9.17, 15) is 14.0 Å². The summed E-state index contributed by atoms with van der Waals surface area (Å²) in [4.78, 5) is 22.0. The number of hydrogen-bond donors (Lipinski definition) is 3. The molecule has 5 nitrogen and oxygen atoms in total. The molecular weight excluding hydrogens is 225 g/mol. The predicted molar refractivity (Wildman–Crippen MR) is 61.6 cm³/mol. The van der Waals surface area contributed by atoms with E-state index in [0.717, 1.165) is 6.07 Å². The summed E-state index contributed by atoms with van der Waals surface area (Å²) in [5.74, 6) is -1.46. The first-order chi connectivity index (χ1) is 8.00. The summed E-state index contributed by atoms with van der Waals surface area (Å²) in [7, 11) is 0. The fourth-order valence-corrected chi connectivity index (χ4v) is 1.23. The number of nitrogens with two attached hydrogens (primary N) is 2. The SMILES string of the molecule is NC(=O)CCCNC(=O)c1ccc(N)c(F)c1. The molecule has 17 heavy (non-hydrogen) atoms. The van der Waals surface area contributed by atoms with E-state index < -0.39 is 17.6 Å². The van der Waals surface area contributed by atoms with Crippen molar-refractivity contribution >= 4 is 17.5 Å². The number of carbonyl (C=O) groups is 2. The van der Waals surface area contributed by atoms with Gasteiger partial charge in [-0.3, -0.25) is 9.59 Å². The Hall–Kier alpha value is -2.11. The maximum Gasteiger partial charge on any atom is 0.251 e. The predicted octanol–water partition coefficient (Wildman–Crippen LogP) is 0.403. The van der Waals surface area contributed by atoms with Gasteiger partial charge in [-0.25, -0.2) is 4.39 Å². The van der Waals surface area contributed by atoms with Crippen LogP contribution in [0.5, 0.6) is 0 Å². The number of nitrogens with one attached hydrogen (secondary N) is 1. The molecule has 0 aliphatic rings. The highest BCUT2D eigenvalue weighted by Crippen LogP contribution is 2.11. The zero-order valence-electron chi connectivity index (χ0n) is 9.20. The topological polar surface area (TPSA) is 98.2 Å². The van der Waals surface area contributed by atoms with Crippen molar-refractivity contribution < 1.29 is 14.0 Å². The molecule has 2 amide bonds. The zero-order chi connectivity index (χ0) is 12.8. The van der Waals surface area contributed by atoms with Crippen molar-refractivity contribution in [1.29, 1.82) is 0 Å². The third-order valence-electron chi connectivity index (χ3n) is 2.15. The minimum atomic E-state index is -0.630. The standard InChI is InChI=1S/C11H14FN3O2/c12-8-6-7(3-4-9(8)13)11(17)15-5-1-2-10(14)16/h3-4,6H,1-2,5,13H2,(H2,14,16)(H,15,17). The highest BCUT2D eigenvalue weighted by molar-refractivity contribution is 5.94. The van der Waals surface area contributed by atoms with Gasteiger partial charge >= 0.3 is 0 Å². The van der Waals surface area contributed by atoms with Crippen LogP contribution in [0.2, 0.25) is 0 Å². The number of rotatable bonds is 5. The van der Waals surface area contributed by atoms with E-state index in [1.807, 2.05) is 0 Å². The van der Waals surface area contributed by atoms with Gasteiger partial charge < -0.3 is 16.8 Å². The molecule has 1 rings (SSSR count). The van der Waals surface area contributed by atoms with Crippen LogP contribution in [0.25, 0.3) is 0 Å². The second kappa shape index (κ2) is 5.83. The lowest BCUT2D eigenvalue weighted by Gasteiger charge is -2.05. The quantitative estimate of drug-likeness (QED) is 0.512. The monoisotopic (exact) mass is 239 g/mol. The maximum absolute atomic E-state index is 13.1. The first-order valence-electron chi connectivity index (χ1n) is 5.12. The van der Waals surface area contributed by atoms with Crippen LogP contribution in [-0.2, 0) is 4.79 Å². The highest BCUT2D eigenvalue weighted by Gasteiger charge is 2.07. The van der Waals surface area contributed by atoms with Gasteiger partial charge in [0.15, 0.2) is 0 Å². The van der Waals surface area contributed by atoms with Gasteiger partial charge in [0.25, 0.3) is 5.91 Å². The van der Waals surface area contributed by atoms with Crippen molar-refractivity contribution in [2.24, 2.45) is 5.73 Å². The van der Waals surface area contributed by atoms with Gasteiger partial charge in [0.1, 0.15) is 5.82 Å². The molecule has 0 unspecified atom stereocenters. The lowest BCUT2D eigenvalue weighted by Crippen LogP contribution is -2.25. The number of hydrogen-bond acceptors (Lipinski definition) is 3. The molecule has 0 aliphatic carbocycles. The van der Waals surface area contributed by atoms with Crippen molar-refractivity contribution in [1.82, 2.24) is 5.32 Å². The molecule has 0 bridgehead atoms. The van der Waals surface area contributed by atoms with Crippen molar-refractivity contribution in [2.45, 2.75) is 12.8 Å². The molecular formula is C11H14FN3O2. The van der Waals surface area contributed by atoms with Crippen LogP contribution < -0.4 is 16.8 Å². The molecule has 0 atom stereocenters. The number of carbonyl (C=O) groups excluding carboxylic acids is 2. The number of halogens is 1. The molecule has 1 aromatic rings. The molecule has 92 valence electrons. The van der Waals surface area contributed by atoms with Gasteiger partial charge in [0.05, 0.1) is 5.69 Å². The minimum Gasteiger partial charge on any atom is -0.396 e. The molecule has 0 radical (unpaired) electrons. The van der Waals surface area contributed by atoms with Crippen molar-refractivity contribution in [3.8, 4) is 0 Å². The van der Waals surface area contributed by atoms with Crippen LogP contribution in [0.3, 0.4) is 0 Å². The largest absolute Gasteiger partial charge is 0.396 e. The Morgan fingerprint density at radius 3 is 2.65 bits per heavy atom. The van der Waals surface area contributed by atoms with Crippen LogP contribution >= 0.6 is 0 Å². The van der Waals surface area contributed by atoms with Gasteiger partial charge in [-0.2, -0.15) is 0 Å². The Morgan fingerprint density at radius 2 is 2.06 bits per heavy atom. The number of anilines is 1. The van der Waals surface area contributed by atoms with E-state index in [1.54, 1.807) is 0 Å². The average molecular weight is 239 g/mol. The fourth-order valence-electron chi connectivity index (χ4n) is 1.23. The first kappa shape index (κ1) is 13.0. The maximum atomic E-state index is 13.1. The van der Waals surface area contributed by atoms with E-state index in [-0.39, 0.29) is 17.7 Å². The summed E-state index contributed by atoms with van der Waals surface area (Å²) in [5, 5.41) is 2.55. The second-order valence-corrected chi connectivity index (χ2v) is 3.56. The van der Waals surface area contributed by atoms with Gasteiger partial charge in [-0.1, -0.05) is 0 Å². The zero-order valence-corrected chi connectivity index (χ0v) is 9.20. The lowest BCUT2D eigenvalue weighted by atomic mass is 10.2. The number of primary amides is 1. The third kappa shape index (κ3) is 4.10. The molecule has 0 saturated carbocycles. The van der Waals surface area contributed by atoms with Crippen LogP contribution in [0, 0.1) is 5.82 Å². The smallest absolute Gasteiger partial charge is 0.251 e. The Balaban J connectivity index is 2.47. The average Bonchev–Trinajstić information content (AvgIpc) is 2.27. The summed E-state index contributed by atoms with van der Waals surface area (Å²) in [6.45, 7) is 0.313. The van der Waals surface area contributed by atoms with E-state index in [2.05, 4.69) is 5.32 Å². The number of nitrogen functional groups attached to an aromatic ring is 1. The molecule has 0 saturated heterocycles. The van der Waals surface area contributed by atoms with Gasteiger partial charge in [-0.15, -0.1) is 0 Å². The van der Waals surface area contributed by atoms with E-state index in [1.165, 1.54) is 12.1 Å². The first-order valence-corrected chi connectivity index (χ1v) is 5.12. The third-order valence-corrected chi connectivity index (χ3v) is 2.15. The second-order valence-electron chi connectivity index (χ2n) is 3.56. The van der Waals surface area contributed by atoms with Crippen molar-refractivity contribution in [3.05, 3.63) is 29.6 Å².